The van der Waals surface area contributed by atoms with E-state index in [1.807, 2.05) is 11.8 Å². The standard InChI is InChI=1S/C11H20N2O2.ClH/c1-2-13(9-4-3-5-9)11(14)8-15-10-6-12-7-10;/h9-10,12H,2-8H2,1H3;1H. The lowest BCUT2D eigenvalue weighted by Gasteiger charge is -2.37. The van der Waals surface area contributed by atoms with E-state index >= 15 is 0 Å². The van der Waals surface area contributed by atoms with Crippen molar-refractivity contribution in [3.63, 3.8) is 0 Å². The minimum atomic E-state index is 0. The maximum Gasteiger partial charge on any atom is 0.248 e. The van der Waals surface area contributed by atoms with Gasteiger partial charge in [0.25, 0.3) is 0 Å². The molecule has 1 N–H and O–H groups in total. The molecule has 0 radical (unpaired) electrons. The van der Waals surface area contributed by atoms with E-state index in [2.05, 4.69) is 5.32 Å². The van der Waals surface area contributed by atoms with Gasteiger partial charge in [0.2, 0.25) is 5.91 Å². The van der Waals surface area contributed by atoms with Crippen LogP contribution in [0.2, 0.25) is 0 Å². The summed E-state index contributed by atoms with van der Waals surface area (Å²) in [6.45, 7) is 4.90. The van der Waals surface area contributed by atoms with Crippen molar-refractivity contribution >= 4 is 18.3 Å². The van der Waals surface area contributed by atoms with Gasteiger partial charge < -0.3 is 15.0 Å². The van der Waals surface area contributed by atoms with Crippen LogP contribution in [0.15, 0.2) is 0 Å². The van der Waals surface area contributed by atoms with E-state index in [4.69, 9.17) is 4.74 Å². The third-order valence-corrected chi connectivity index (χ3v) is 3.36. The summed E-state index contributed by atoms with van der Waals surface area (Å²) in [6, 6.07) is 0.491. The molecule has 1 heterocycles. The third kappa shape index (κ3) is 3.09. The van der Waals surface area contributed by atoms with Gasteiger partial charge in [-0.25, -0.2) is 0 Å². The summed E-state index contributed by atoms with van der Waals surface area (Å²) in [6.07, 6.45) is 3.87. The van der Waals surface area contributed by atoms with Crippen LogP contribution in [0.1, 0.15) is 26.2 Å². The Hall–Kier alpha value is -0.320. The van der Waals surface area contributed by atoms with E-state index in [1.54, 1.807) is 0 Å². The summed E-state index contributed by atoms with van der Waals surface area (Å²) >= 11 is 0. The van der Waals surface area contributed by atoms with Crippen LogP contribution in [0.5, 0.6) is 0 Å². The van der Waals surface area contributed by atoms with Crippen LogP contribution in [0.25, 0.3) is 0 Å². The number of amides is 1. The third-order valence-electron chi connectivity index (χ3n) is 3.36. The van der Waals surface area contributed by atoms with Gasteiger partial charge >= 0.3 is 0 Å². The van der Waals surface area contributed by atoms with Gasteiger partial charge in [-0.2, -0.15) is 0 Å². The minimum Gasteiger partial charge on any atom is -0.366 e. The number of carbonyl (C=O) groups is 1. The second-order valence-corrected chi connectivity index (χ2v) is 4.36. The fourth-order valence-electron chi connectivity index (χ4n) is 1.99. The Bertz CT molecular complexity index is 230. The number of rotatable bonds is 5. The molecule has 0 aromatic heterocycles. The molecular formula is C11H21ClN2O2. The lowest BCUT2D eigenvalue weighted by molar-refractivity contribution is -0.143. The van der Waals surface area contributed by atoms with Gasteiger partial charge in [0, 0.05) is 25.7 Å². The van der Waals surface area contributed by atoms with Crippen LogP contribution in [0.3, 0.4) is 0 Å². The maximum absolute atomic E-state index is 11.8. The number of nitrogens with one attached hydrogen (secondary N) is 1. The van der Waals surface area contributed by atoms with Gasteiger partial charge in [0.1, 0.15) is 6.61 Å². The zero-order valence-corrected chi connectivity index (χ0v) is 10.6. The fraction of sp³-hybridized carbons (Fsp3) is 0.909. The van der Waals surface area contributed by atoms with Crippen molar-refractivity contribution in [1.29, 1.82) is 0 Å². The van der Waals surface area contributed by atoms with Crippen LogP contribution < -0.4 is 5.32 Å². The summed E-state index contributed by atoms with van der Waals surface area (Å²) in [5, 5.41) is 3.12. The first-order chi connectivity index (χ1) is 7.31. The second-order valence-electron chi connectivity index (χ2n) is 4.36. The number of carbonyl (C=O) groups excluding carboxylic acids is 1. The molecule has 1 saturated heterocycles. The highest BCUT2D eigenvalue weighted by molar-refractivity contribution is 5.85. The number of likely N-dealkylation sites (N-methyl/N-ethyl adjacent to an activating group) is 1. The normalized spacial score (nSPS) is 20.6. The van der Waals surface area contributed by atoms with E-state index in [1.165, 1.54) is 19.3 Å². The van der Waals surface area contributed by atoms with E-state index in [9.17, 15) is 4.79 Å². The first-order valence-corrected chi connectivity index (χ1v) is 5.93. The topological polar surface area (TPSA) is 41.6 Å². The van der Waals surface area contributed by atoms with Crippen LogP contribution in [-0.2, 0) is 9.53 Å². The smallest absolute Gasteiger partial charge is 0.248 e. The molecule has 5 heteroatoms. The molecule has 0 unspecified atom stereocenters. The van der Waals surface area contributed by atoms with Gasteiger partial charge in [-0.05, 0) is 26.2 Å². The van der Waals surface area contributed by atoms with Crippen LogP contribution in [0, 0.1) is 0 Å². The quantitative estimate of drug-likeness (QED) is 0.783. The summed E-state index contributed by atoms with van der Waals surface area (Å²) in [7, 11) is 0. The molecule has 0 spiro atoms. The molecule has 1 aliphatic heterocycles. The SMILES string of the molecule is CCN(C(=O)COC1CNC1)C1CCC1.Cl. The number of halogens is 1. The monoisotopic (exact) mass is 248 g/mol. The highest BCUT2D eigenvalue weighted by atomic mass is 35.5. The molecule has 0 atom stereocenters. The Balaban J connectivity index is 0.00000128. The molecule has 94 valence electrons. The van der Waals surface area contributed by atoms with Gasteiger partial charge in [-0.3, -0.25) is 4.79 Å². The van der Waals surface area contributed by atoms with Crippen molar-refractivity contribution in [2.45, 2.75) is 38.3 Å². The van der Waals surface area contributed by atoms with E-state index in [0.29, 0.717) is 6.04 Å². The molecule has 1 saturated carbocycles. The predicted molar refractivity (Wildman–Crippen MR) is 64.9 cm³/mol. The van der Waals surface area contributed by atoms with Crippen molar-refractivity contribution in [2.24, 2.45) is 0 Å². The lowest BCUT2D eigenvalue weighted by atomic mass is 9.91. The van der Waals surface area contributed by atoms with Crippen molar-refractivity contribution in [2.75, 3.05) is 26.2 Å². The minimum absolute atomic E-state index is 0. The van der Waals surface area contributed by atoms with Gasteiger partial charge in [-0.15, -0.1) is 12.4 Å². The zero-order valence-electron chi connectivity index (χ0n) is 9.78. The largest absolute Gasteiger partial charge is 0.366 e. The van der Waals surface area contributed by atoms with Gasteiger partial charge in [-0.1, -0.05) is 0 Å². The van der Waals surface area contributed by atoms with Gasteiger partial charge in [0.15, 0.2) is 0 Å². The first-order valence-electron chi connectivity index (χ1n) is 5.93. The summed E-state index contributed by atoms with van der Waals surface area (Å²) in [5.41, 5.74) is 0. The van der Waals surface area contributed by atoms with Crippen LogP contribution in [-0.4, -0.2) is 49.2 Å². The molecule has 4 nitrogen and oxygen atoms in total. The Morgan fingerprint density at radius 2 is 2.12 bits per heavy atom. The number of hydrogen-bond donors (Lipinski definition) is 1. The molecule has 2 rings (SSSR count). The van der Waals surface area contributed by atoms with Crippen molar-refractivity contribution in [1.82, 2.24) is 10.2 Å². The molecule has 1 aliphatic carbocycles. The summed E-state index contributed by atoms with van der Waals surface area (Å²) in [4.78, 5) is 13.8. The Morgan fingerprint density at radius 1 is 1.44 bits per heavy atom. The van der Waals surface area contributed by atoms with E-state index in [0.717, 1.165) is 19.6 Å². The van der Waals surface area contributed by atoms with E-state index < -0.39 is 0 Å². The number of ether oxygens (including phenoxy) is 1. The highest BCUT2D eigenvalue weighted by Gasteiger charge is 2.28. The number of nitrogens with zero attached hydrogens (tertiary/aromatic N) is 1. The Morgan fingerprint density at radius 3 is 2.50 bits per heavy atom. The molecule has 0 bridgehead atoms. The van der Waals surface area contributed by atoms with Crippen molar-refractivity contribution < 1.29 is 9.53 Å². The molecule has 1 amide bonds. The molecule has 2 aliphatic rings. The van der Waals surface area contributed by atoms with Crippen LogP contribution >= 0.6 is 12.4 Å². The average molecular weight is 249 g/mol. The molecule has 2 fully saturated rings. The van der Waals surface area contributed by atoms with Gasteiger partial charge in [0.05, 0.1) is 6.10 Å². The molecule has 16 heavy (non-hydrogen) atoms. The Labute approximate surface area is 103 Å². The zero-order chi connectivity index (χ0) is 10.7. The molecule has 0 aromatic carbocycles. The first kappa shape index (κ1) is 13.7. The average Bonchev–Trinajstić information content (AvgIpc) is 2.07. The second kappa shape index (κ2) is 6.42. The maximum atomic E-state index is 11.8. The molecule has 0 aromatic rings. The van der Waals surface area contributed by atoms with Crippen molar-refractivity contribution in [3.05, 3.63) is 0 Å². The predicted octanol–water partition coefficient (Wildman–Crippen LogP) is 0.798. The highest BCUT2D eigenvalue weighted by Crippen LogP contribution is 2.24. The molecular weight excluding hydrogens is 228 g/mol. The van der Waals surface area contributed by atoms with E-state index in [-0.39, 0.29) is 31.0 Å². The van der Waals surface area contributed by atoms with Crippen LogP contribution in [0.4, 0.5) is 0 Å². The van der Waals surface area contributed by atoms with Crippen molar-refractivity contribution in [3.8, 4) is 0 Å². The summed E-state index contributed by atoms with van der Waals surface area (Å²) in [5.74, 6) is 0.161. The fourth-order valence-corrected chi connectivity index (χ4v) is 1.99. The Kier molecular flexibility index (Phi) is 5.52. The number of hydrogen-bond acceptors (Lipinski definition) is 3. The lowest BCUT2D eigenvalue weighted by Crippen LogP contribution is -2.51. The summed E-state index contributed by atoms with van der Waals surface area (Å²) < 4.78 is 5.49.